The zero-order chi connectivity index (χ0) is 13.8. The Morgan fingerprint density at radius 1 is 1.37 bits per heavy atom. The van der Waals surface area contributed by atoms with Crippen LogP contribution in [-0.4, -0.2) is 17.7 Å². The molecule has 1 aromatic rings. The zero-order valence-electron chi connectivity index (χ0n) is 11.9. The second-order valence-electron chi connectivity index (χ2n) is 5.46. The number of hydrogen-bond acceptors (Lipinski definition) is 2. The highest BCUT2D eigenvalue weighted by Gasteiger charge is 2.25. The van der Waals surface area contributed by atoms with E-state index < -0.39 is 6.10 Å². The third-order valence-electron chi connectivity index (χ3n) is 4.10. The fourth-order valence-electron chi connectivity index (χ4n) is 3.07. The first-order chi connectivity index (χ1) is 9.15. The number of para-hydroxylation sites is 1. The Morgan fingerprint density at radius 3 is 2.84 bits per heavy atom. The number of rotatable bonds is 3. The van der Waals surface area contributed by atoms with Gasteiger partial charge >= 0.3 is 0 Å². The Morgan fingerprint density at radius 2 is 2.16 bits per heavy atom. The van der Waals surface area contributed by atoms with Crippen LogP contribution in [0.3, 0.4) is 0 Å². The quantitative estimate of drug-likeness (QED) is 0.891. The summed E-state index contributed by atoms with van der Waals surface area (Å²) in [4.78, 5) is 2.18. The molecule has 2 nitrogen and oxygen atoms in total. The molecule has 0 saturated carbocycles. The number of benzene rings is 1. The Labute approximate surface area is 115 Å². The number of anilines is 1. The molecule has 0 amide bonds. The highest BCUT2D eigenvalue weighted by molar-refractivity contribution is 5.56. The summed E-state index contributed by atoms with van der Waals surface area (Å²) < 4.78 is 14.3. The molecular weight excluding hydrogens is 241 g/mol. The van der Waals surface area contributed by atoms with Gasteiger partial charge in [0, 0.05) is 18.2 Å². The topological polar surface area (TPSA) is 23.5 Å². The van der Waals surface area contributed by atoms with Gasteiger partial charge in [-0.25, -0.2) is 4.39 Å². The number of halogens is 1. The minimum absolute atomic E-state index is 0.209. The highest BCUT2D eigenvalue weighted by Crippen LogP contribution is 2.34. The van der Waals surface area contributed by atoms with Gasteiger partial charge < -0.3 is 10.0 Å². The van der Waals surface area contributed by atoms with Crippen molar-refractivity contribution < 1.29 is 9.50 Å². The summed E-state index contributed by atoms with van der Waals surface area (Å²) in [6.45, 7) is 4.75. The molecule has 1 heterocycles. The number of nitrogens with zero attached hydrogens (tertiary/aromatic N) is 1. The molecule has 1 aromatic carbocycles. The zero-order valence-corrected chi connectivity index (χ0v) is 11.9. The first-order valence-corrected chi connectivity index (χ1v) is 7.38. The molecule has 106 valence electrons. The summed E-state index contributed by atoms with van der Waals surface area (Å²) in [7, 11) is 0. The lowest BCUT2D eigenvalue weighted by Gasteiger charge is -2.34. The second kappa shape index (κ2) is 6.38. The second-order valence-corrected chi connectivity index (χ2v) is 5.46. The smallest absolute Gasteiger partial charge is 0.146 e. The molecule has 19 heavy (non-hydrogen) atoms. The lowest BCUT2D eigenvalue weighted by Crippen LogP contribution is -2.36. The monoisotopic (exact) mass is 265 g/mol. The van der Waals surface area contributed by atoms with Crippen LogP contribution in [0.5, 0.6) is 0 Å². The summed E-state index contributed by atoms with van der Waals surface area (Å²) >= 11 is 0. The van der Waals surface area contributed by atoms with Crippen LogP contribution in [-0.2, 0) is 0 Å². The van der Waals surface area contributed by atoms with Crippen molar-refractivity contribution in [2.24, 2.45) is 0 Å². The normalized spacial score (nSPS) is 22.1. The SMILES string of the molecule is CCC1CCCCCN1c1c(F)cccc1[C@H](C)O. The standard InChI is InChI=1S/C16H24FNO/c1-3-13-8-5-4-6-11-18(13)16-14(12(2)19)9-7-10-15(16)17/h7,9-10,12-13,19H,3-6,8,11H2,1-2H3/t12-,13?/m0/s1. The first kappa shape index (κ1) is 14.3. The van der Waals surface area contributed by atoms with E-state index in [4.69, 9.17) is 0 Å². The lowest BCUT2D eigenvalue weighted by molar-refractivity contribution is 0.199. The fourth-order valence-corrected chi connectivity index (χ4v) is 3.07. The molecule has 1 N–H and O–H groups in total. The summed E-state index contributed by atoms with van der Waals surface area (Å²) in [6.07, 6.45) is 5.03. The summed E-state index contributed by atoms with van der Waals surface area (Å²) in [6, 6.07) is 5.40. The van der Waals surface area contributed by atoms with E-state index in [1.807, 2.05) is 6.07 Å². The van der Waals surface area contributed by atoms with Gasteiger partial charge in [-0.15, -0.1) is 0 Å². The van der Waals surface area contributed by atoms with E-state index in [9.17, 15) is 9.50 Å². The van der Waals surface area contributed by atoms with Crippen molar-refractivity contribution in [2.75, 3.05) is 11.4 Å². The van der Waals surface area contributed by atoms with Gasteiger partial charge in [0.05, 0.1) is 11.8 Å². The van der Waals surface area contributed by atoms with Gasteiger partial charge in [-0.1, -0.05) is 31.9 Å². The number of aliphatic hydroxyl groups excluding tert-OH is 1. The maximum Gasteiger partial charge on any atom is 0.146 e. The maximum absolute atomic E-state index is 14.3. The molecule has 0 radical (unpaired) electrons. The van der Waals surface area contributed by atoms with Gasteiger partial charge in [0.1, 0.15) is 5.82 Å². The summed E-state index contributed by atoms with van der Waals surface area (Å²) in [5.74, 6) is -0.209. The van der Waals surface area contributed by atoms with Crippen LogP contribution >= 0.6 is 0 Å². The van der Waals surface area contributed by atoms with E-state index in [2.05, 4.69) is 11.8 Å². The fraction of sp³-hybridized carbons (Fsp3) is 0.625. The van der Waals surface area contributed by atoms with E-state index >= 15 is 0 Å². The van der Waals surface area contributed by atoms with Crippen LogP contribution in [0.1, 0.15) is 57.6 Å². The molecule has 0 aliphatic carbocycles. The lowest BCUT2D eigenvalue weighted by atomic mass is 10.0. The molecule has 2 rings (SSSR count). The third-order valence-corrected chi connectivity index (χ3v) is 4.10. The molecule has 1 saturated heterocycles. The average molecular weight is 265 g/mol. The molecule has 1 fully saturated rings. The van der Waals surface area contributed by atoms with E-state index in [1.165, 1.54) is 18.9 Å². The van der Waals surface area contributed by atoms with Crippen LogP contribution in [0, 0.1) is 5.82 Å². The number of aliphatic hydroxyl groups is 1. The van der Waals surface area contributed by atoms with Gasteiger partial charge in [-0.3, -0.25) is 0 Å². The Hall–Kier alpha value is -1.09. The number of hydrogen-bond donors (Lipinski definition) is 1. The predicted octanol–water partition coefficient (Wildman–Crippen LogP) is 4.04. The van der Waals surface area contributed by atoms with E-state index in [0.29, 0.717) is 17.3 Å². The van der Waals surface area contributed by atoms with Crippen molar-refractivity contribution in [2.45, 2.75) is 58.1 Å². The van der Waals surface area contributed by atoms with Crippen molar-refractivity contribution in [1.29, 1.82) is 0 Å². The molecule has 1 unspecified atom stereocenters. The van der Waals surface area contributed by atoms with Gasteiger partial charge in [0.2, 0.25) is 0 Å². The average Bonchev–Trinajstić information content (AvgIpc) is 2.63. The third kappa shape index (κ3) is 3.08. The molecule has 3 heteroatoms. The highest BCUT2D eigenvalue weighted by atomic mass is 19.1. The van der Waals surface area contributed by atoms with Crippen LogP contribution in [0.4, 0.5) is 10.1 Å². The van der Waals surface area contributed by atoms with Crippen molar-refractivity contribution in [3.63, 3.8) is 0 Å². The van der Waals surface area contributed by atoms with Crippen LogP contribution in [0.2, 0.25) is 0 Å². The Bertz CT molecular complexity index is 419. The van der Waals surface area contributed by atoms with Crippen molar-refractivity contribution in [3.8, 4) is 0 Å². The minimum atomic E-state index is -0.633. The van der Waals surface area contributed by atoms with Crippen LogP contribution in [0.15, 0.2) is 18.2 Å². The van der Waals surface area contributed by atoms with Gasteiger partial charge in [0.25, 0.3) is 0 Å². The predicted molar refractivity (Wildman–Crippen MR) is 76.9 cm³/mol. The van der Waals surface area contributed by atoms with Gasteiger partial charge in [-0.2, -0.15) is 0 Å². The Kier molecular flexibility index (Phi) is 4.81. The van der Waals surface area contributed by atoms with Gasteiger partial charge in [0.15, 0.2) is 0 Å². The maximum atomic E-state index is 14.3. The molecule has 1 aliphatic heterocycles. The Balaban J connectivity index is 2.42. The molecule has 1 aliphatic rings. The summed E-state index contributed by atoms with van der Waals surface area (Å²) in [5, 5.41) is 9.90. The summed E-state index contributed by atoms with van der Waals surface area (Å²) in [5.41, 5.74) is 1.33. The van der Waals surface area contributed by atoms with Gasteiger partial charge in [-0.05, 0) is 32.3 Å². The molecular formula is C16H24FNO. The first-order valence-electron chi connectivity index (χ1n) is 7.38. The molecule has 2 atom stereocenters. The van der Waals surface area contributed by atoms with Crippen molar-refractivity contribution in [1.82, 2.24) is 0 Å². The molecule has 0 aromatic heterocycles. The molecule has 0 spiro atoms. The molecule has 0 bridgehead atoms. The van der Waals surface area contributed by atoms with Crippen molar-refractivity contribution >= 4 is 5.69 Å². The van der Waals surface area contributed by atoms with E-state index in [0.717, 1.165) is 25.8 Å². The van der Waals surface area contributed by atoms with Crippen LogP contribution in [0.25, 0.3) is 0 Å². The van der Waals surface area contributed by atoms with Crippen LogP contribution < -0.4 is 4.90 Å². The van der Waals surface area contributed by atoms with Crippen molar-refractivity contribution in [3.05, 3.63) is 29.6 Å². The minimum Gasteiger partial charge on any atom is -0.389 e. The largest absolute Gasteiger partial charge is 0.389 e. The van der Waals surface area contributed by atoms with E-state index in [-0.39, 0.29) is 5.82 Å². The van der Waals surface area contributed by atoms with E-state index in [1.54, 1.807) is 13.0 Å².